The second kappa shape index (κ2) is 4.50. The summed E-state index contributed by atoms with van der Waals surface area (Å²) in [5, 5.41) is 13.9. The first-order chi connectivity index (χ1) is 9.28. The summed E-state index contributed by atoms with van der Waals surface area (Å²) in [6, 6.07) is 10.1. The maximum absolute atomic E-state index is 13.3. The van der Waals surface area contributed by atoms with Gasteiger partial charge in [0.2, 0.25) is 0 Å². The zero-order valence-electron chi connectivity index (χ0n) is 9.92. The normalized spacial score (nSPS) is 10.5. The SMILES string of the molecule is N#Cc1nn(Cc2cccnc2)c2cc(F)ccc12. The highest BCUT2D eigenvalue weighted by molar-refractivity contribution is 5.84. The summed E-state index contributed by atoms with van der Waals surface area (Å²) in [6.45, 7) is 0.454. The Morgan fingerprint density at radius 1 is 1.32 bits per heavy atom. The van der Waals surface area contributed by atoms with Gasteiger partial charge in [-0.15, -0.1) is 0 Å². The summed E-state index contributed by atoms with van der Waals surface area (Å²) in [7, 11) is 0. The standard InChI is InChI=1S/C14H9FN4/c15-11-3-4-12-13(7-16)18-19(14(12)6-11)9-10-2-1-5-17-8-10/h1-6,8H,9H2. The third-order valence-corrected chi connectivity index (χ3v) is 2.87. The molecule has 0 spiro atoms. The highest BCUT2D eigenvalue weighted by Crippen LogP contribution is 2.20. The fraction of sp³-hybridized carbons (Fsp3) is 0.0714. The lowest BCUT2D eigenvalue weighted by Crippen LogP contribution is -2.02. The van der Waals surface area contributed by atoms with Gasteiger partial charge in [0.15, 0.2) is 5.69 Å². The number of hydrogen-bond donors (Lipinski definition) is 0. The molecule has 1 aromatic carbocycles. The summed E-state index contributed by atoms with van der Waals surface area (Å²) < 4.78 is 15.0. The number of nitrogens with zero attached hydrogens (tertiary/aromatic N) is 4. The largest absolute Gasteiger partial charge is 0.264 e. The molecule has 3 aromatic rings. The highest BCUT2D eigenvalue weighted by atomic mass is 19.1. The van der Waals surface area contributed by atoms with E-state index < -0.39 is 0 Å². The third kappa shape index (κ3) is 2.04. The van der Waals surface area contributed by atoms with Crippen LogP contribution in [0.25, 0.3) is 10.9 Å². The molecular formula is C14H9FN4. The maximum atomic E-state index is 13.3. The monoisotopic (exact) mass is 252 g/mol. The molecule has 92 valence electrons. The molecule has 0 atom stereocenters. The van der Waals surface area contributed by atoms with Crippen molar-refractivity contribution in [3.8, 4) is 6.07 Å². The number of halogens is 1. The molecule has 0 aliphatic heterocycles. The van der Waals surface area contributed by atoms with Crippen LogP contribution in [-0.4, -0.2) is 14.8 Å². The van der Waals surface area contributed by atoms with E-state index in [4.69, 9.17) is 5.26 Å². The van der Waals surface area contributed by atoms with Gasteiger partial charge in [0.25, 0.3) is 0 Å². The van der Waals surface area contributed by atoms with Gasteiger partial charge < -0.3 is 0 Å². The maximum Gasteiger partial charge on any atom is 0.170 e. The van der Waals surface area contributed by atoms with Gasteiger partial charge in [0.1, 0.15) is 11.9 Å². The summed E-state index contributed by atoms with van der Waals surface area (Å²) in [4.78, 5) is 4.03. The number of nitriles is 1. The molecule has 0 unspecified atom stereocenters. The zero-order valence-corrected chi connectivity index (χ0v) is 9.92. The third-order valence-electron chi connectivity index (χ3n) is 2.87. The second-order valence-corrected chi connectivity index (χ2v) is 4.14. The molecule has 0 amide bonds. The fourth-order valence-electron chi connectivity index (χ4n) is 2.01. The summed E-state index contributed by atoms with van der Waals surface area (Å²) in [6.07, 6.45) is 3.41. The van der Waals surface area contributed by atoms with Gasteiger partial charge in [-0.3, -0.25) is 9.67 Å². The van der Waals surface area contributed by atoms with E-state index in [0.29, 0.717) is 23.1 Å². The predicted octanol–water partition coefficient (Wildman–Crippen LogP) is 2.49. The summed E-state index contributed by atoms with van der Waals surface area (Å²) in [5.74, 6) is -0.343. The Kier molecular flexibility index (Phi) is 2.69. The van der Waals surface area contributed by atoms with Crippen molar-refractivity contribution >= 4 is 10.9 Å². The van der Waals surface area contributed by atoms with Crippen LogP contribution in [0.2, 0.25) is 0 Å². The molecule has 0 saturated carbocycles. The lowest BCUT2D eigenvalue weighted by Gasteiger charge is -2.03. The van der Waals surface area contributed by atoms with Gasteiger partial charge in [-0.1, -0.05) is 6.07 Å². The van der Waals surface area contributed by atoms with E-state index in [1.54, 1.807) is 23.1 Å². The molecule has 2 heterocycles. The lowest BCUT2D eigenvalue weighted by atomic mass is 10.2. The van der Waals surface area contributed by atoms with Crippen LogP contribution < -0.4 is 0 Å². The van der Waals surface area contributed by atoms with Crippen molar-refractivity contribution in [2.45, 2.75) is 6.54 Å². The van der Waals surface area contributed by atoms with Crippen molar-refractivity contribution in [3.05, 3.63) is 59.8 Å². The number of fused-ring (bicyclic) bond motifs is 1. The Morgan fingerprint density at radius 2 is 2.21 bits per heavy atom. The van der Waals surface area contributed by atoms with Crippen molar-refractivity contribution in [1.29, 1.82) is 5.26 Å². The zero-order chi connectivity index (χ0) is 13.2. The lowest BCUT2D eigenvalue weighted by molar-refractivity contribution is 0.626. The minimum absolute atomic E-state index is 0.305. The van der Waals surface area contributed by atoms with E-state index in [0.717, 1.165) is 5.56 Å². The molecule has 5 heteroatoms. The van der Waals surface area contributed by atoms with Crippen molar-refractivity contribution in [2.24, 2.45) is 0 Å². The average molecular weight is 252 g/mol. The number of rotatable bonds is 2. The number of benzene rings is 1. The quantitative estimate of drug-likeness (QED) is 0.704. The van der Waals surface area contributed by atoms with Gasteiger partial charge in [-0.25, -0.2) is 4.39 Å². The van der Waals surface area contributed by atoms with E-state index in [1.807, 2.05) is 18.2 Å². The van der Waals surface area contributed by atoms with Crippen LogP contribution in [0.3, 0.4) is 0 Å². The van der Waals surface area contributed by atoms with Crippen molar-refractivity contribution < 1.29 is 4.39 Å². The topological polar surface area (TPSA) is 54.5 Å². The molecule has 0 saturated heterocycles. The van der Waals surface area contributed by atoms with E-state index in [-0.39, 0.29) is 5.82 Å². The molecule has 0 fully saturated rings. The number of pyridine rings is 1. The Hall–Kier alpha value is -2.74. The Morgan fingerprint density at radius 3 is 2.95 bits per heavy atom. The number of aromatic nitrogens is 3. The first-order valence-corrected chi connectivity index (χ1v) is 5.73. The van der Waals surface area contributed by atoms with Crippen molar-refractivity contribution in [1.82, 2.24) is 14.8 Å². The van der Waals surface area contributed by atoms with E-state index in [2.05, 4.69) is 10.1 Å². The number of hydrogen-bond acceptors (Lipinski definition) is 3. The minimum Gasteiger partial charge on any atom is -0.264 e. The van der Waals surface area contributed by atoms with Crippen LogP contribution in [0.15, 0.2) is 42.7 Å². The van der Waals surface area contributed by atoms with Crippen LogP contribution in [0.4, 0.5) is 4.39 Å². The van der Waals surface area contributed by atoms with E-state index in [9.17, 15) is 4.39 Å². The first-order valence-electron chi connectivity index (χ1n) is 5.73. The molecule has 4 nitrogen and oxygen atoms in total. The van der Waals surface area contributed by atoms with Crippen LogP contribution in [0, 0.1) is 17.1 Å². The molecule has 3 rings (SSSR count). The fourth-order valence-corrected chi connectivity index (χ4v) is 2.01. The van der Waals surface area contributed by atoms with Crippen LogP contribution in [0.1, 0.15) is 11.3 Å². The van der Waals surface area contributed by atoms with Crippen LogP contribution >= 0.6 is 0 Å². The first kappa shape index (κ1) is 11.4. The predicted molar refractivity (Wildman–Crippen MR) is 67.7 cm³/mol. The summed E-state index contributed by atoms with van der Waals surface area (Å²) in [5.41, 5.74) is 1.86. The molecule has 0 radical (unpaired) electrons. The Labute approximate surface area is 108 Å². The molecule has 2 aromatic heterocycles. The highest BCUT2D eigenvalue weighted by Gasteiger charge is 2.11. The summed E-state index contributed by atoms with van der Waals surface area (Å²) >= 11 is 0. The molecule has 0 aliphatic carbocycles. The second-order valence-electron chi connectivity index (χ2n) is 4.14. The van der Waals surface area contributed by atoms with Crippen molar-refractivity contribution in [3.63, 3.8) is 0 Å². The van der Waals surface area contributed by atoms with Gasteiger partial charge in [-0.2, -0.15) is 10.4 Å². The smallest absolute Gasteiger partial charge is 0.170 e. The van der Waals surface area contributed by atoms with Crippen LogP contribution in [0.5, 0.6) is 0 Å². The van der Waals surface area contributed by atoms with E-state index in [1.165, 1.54) is 12.1 Å². The average Bonchev–Trinajstić information content (AvgIpc) is 2.77. The van der Waals surface area contributed by atoms with Gasteiger partial charge in [0, 0.05) is 17.8 Å². The molecule has 0 aliphatic rings. The van der Waals surface area contributed by atoms with Crippen LogP contribution in [-0.2, 0) is 6.54 Å². The minimum atomic E-state index is -0.343. The Balaban J connectivity index is 2.13. The Bertz CT molecular complexity index is 771. The van der Waals surface area contributed by atoms with E-state index >= 15 is 0 Å². The molecular weight excluding hydrogens is 243 g/mol. The van der Waals surface area contributed by atoms with Crippen molar-refractivity contribution in [2.75, 3.05) is 0 Å². The molecule has 0 bridgehead atoms. The molecule has 19 heavy (non-hydrogen) atoms. The van der Waals surface area contributed by atoms with Gasteiger partial charge in [-0.05, 0) is 29.8 Å². The molecule has 0 N–H and O–H groups in total. The van der Waals surface area contributed by atoms with Gasteiger partial charge in [0.05, 0.1) is 12.1 Å². The van der Waals surface area contributed by atoms with Gasteiger partial charge >= 0.3 is 0 Å².